The van der Waals surface area contributed by atoms with Gasteiger partial charge in [-0.15, -0.1) is 5.10 Å². The van der Waals surface area contributed by atoms with E-state index in [9.17, 15) is 9.59 Å². The Hall–Kier alpha value is -3.93. The highest BCUT2D eigenvalue weighted by Crippen LogP contribution is 2.31. The molecule has 0 saturated carbocycles. The summed E-state index contributed by atoms with van der Waals surface area (Å²) >= 11 is 1.51. The molecule has 4 heterocycles. The Kier molecular flexibility index (Phi) is 4.13. The minimum absolute atomic E-state index is 0.121. The van der Waals surface area contributed by atoms with E-state index in [1.165, 1.54) is 22.3 Å². The predicted octanol–water partition coefficient (Wildman–Crippen LogP) is 1.74. The van der Waals surface area contributed by atoms with Gasteiger partial charge in [-0.1, -0.05) is 17.3 Å². The Morgan fingerprint density at radius 2 is 2.17 bits per heavy atom. The third kappa shape index (κ3) is 2.93. The Labute approximate surface area is 173 Å². The molecule has 0 aliphatic carbocycles. The van der Waals surface area contributed by atoms with Crippen LogP contribution in [0.2, 0.25) is 0 Å². The summed E-state index contributed by atoms with van der Waals surface area (Å²) in [5, 5.41) is 21.5. The summed E-state index contributed by atoms with van der Waals surface area (Å²) in [6.45, 7) is 1.53. The summed E-state index contributed by atoms with van der Waals surface area (Å²) in [5.41, 5.74) is 0.825. The van der Waals surface area contributed by atoms with Crippen LogP contribution >= 0.6 is 11.3 Å². The molecule has 1 fully saturated rings. The number of tetrazole rings is 1. The lowest BCUT2D eigenvalue weighted by atomic mass is 9.91. The number of urea groups is 1. The van der Waals surface area contributed by atoms with Crippen LogP contribution in [0, 0.1) is 0 Å². The van der Waals surface area contributed by atoms with Gasteiger partial charge in [0.2, 0.25) is 11.7 Å². The first-order chi connectivity index (χ1) is 14.5. The lowest BCUT2D eigenvalue weighted by Crippen LogP contribution is -2.40. The fraction of sp³-hybridized carbons (Fsp3) is 0.167. The van der Waals surface area contributed by atoms with Gasteiger partial charge in [0.05, 0.1) is 5.69 Å². The van der Waals surface area contributed by atoms with Gasteiger partial charge in [0.25, 0.3) is 5.91 Å². The molecule has 11 nitrogen and oxygen atoms in total. The van der Waals surface area contributed by atoms with E-state index in [4.69, 9.17) is 4.52 Å². The second kappa shape index (κ2) is 6.84. The van der Waals surface area contributed by atoms with E-state index in [2.05, 4.69) is 31.0 Å². The maximum Gasteiger partial charge on any atom is 0.325 e. The molecule has 1 N–H and O–H groups in total. The molecule has 5 rings (SSSR count). The summed E-state index contributed by atoms with van der Waals surface area (Å²) < 4.78 is 6.70. The molecule has 1 aliphatic rings. The summed E-state index contributed by atoms with van der Waals surface area (Å²) in [4.78, 5) is 31.1. The largest absolute Gasteiger partial charge is 0.337 e. The van der Waals surface area contributed by atoms with Crippen molar-refractivity contribution in [1.82, 2.24) is 40.6 Å². The second-order valence-electron chi connectivity index (χ2n) is 6.77. The van der Waals surface area contributed by atoms with Gasteiger partial charge >= 0.3 is 6.03 Å². The summed E-state index contributed by atoms with van der Waals surface area (Å²) in [6.07, 6.45) is 1.45. The molecule has 4 aromatic rings. The molecule has 1 aromatic carbocycles. The van der Waals surface area contributed by atoms with Crippen molar-refractivity contribution in [3.63, 3.8) is 0 Å². The number of carbonyl (C=O) groups excluding carboxylic acids is 2. The molecule has 1 aliphatic heterocycles. The Balaban J connectivity index is 1.41. The van der Waals surface area contributed by atoms with Crippen molar-refractivity contribution in [1.29, 1.82) is 0 Å². The molecule has 0 radical (unpaired) electrons. The highest BCUT2D eigenvalue weighted by atomic mass is 32.1. The fourth-order valence-corrected chi connectivity index (χ4v) is 3.87. The van der Waals surface area contributed by atoms with Crippen LogP contribution in [0.25, 0.3) is 17.1 Å². The number of nitrogens with zero attached hydrogens (tertiary/aromatic N) is 7. The number of carbonyl (C=O) groups is 2. The van der Waals surface area contributed by atoms with E-state index in [1.54, 1.807) is 31.2 Å². The van der Waals surface area contributed by atoms with Gasteiger partial charge in [0, 0.05) is 10.9 Å². The lowest BCUT2D eigenvalue weighted by molar-refractivity contribution is -0.131. The van der Waals surface area contributed by atoms with Crippen LogP contribution in [0.4, 0.5) is 4.79 Å². The number of thiophene rings is 1. The van der Waals surface area contributed by atoms with Gasteiger partial charge in [0.15, 0.2) is 0 Å². The second-order valence-corrected chi connectivity index (χ2v) is 7.55. The smallest absolute Gasteiger partial charge is 0.325 e. The van der Waals surface area contributed by atoms with Crippen LogP contribution in [-0.4, -0.2) is 47.2 Å². The van der Waals surface area contributed by atoms with Crippen molar-refractivity contribution in [2.24, 2.45) is 0 Å². The minimum Gasteiger partial charge on any atom is -0.337 e. The molecule has 30 heavy (non-hydrogen) atoms. The Morgan fingerprint density at radius 3 is 2.93 bits per heavy atom. The van der Waals surface area contributed by atoms with Crippen molar-refractivity contribution in [3.8, 4) is 17.1 Å². The Morgan fingerprint density at radius 1 is 1.27 bits per heavy atom. The first-order valence-electron chi connectivity index (χ1n) is 8.88. The van der Waals surface area contributed by atoms with Crippen molar-refractivity contribution in [2.75, 3.05) is 0 Å². The van der Waals surface area contributed by atoms with E-state index < -0.39 is 17.5 Å². The van der Waals surface area contributed by atoms with Crippen LogP contribution in [0.5, 0.6) is 0 Å². The maximum atomic E-state index is 13.2. The number of rotatable bonds is 5. The van der Waals surface area contributed by atoms with Crippen molar-refractivity contribution in [3.05, 3.63) is 58.9 Å². The van der Waals surface area contributed by atoms with E-state index in [0.717, 1.165) is 10.5 Å². The van der Waals surface area contributed by atoms with Gasteiger partial charge in [0.1, 0.15) is 18.4 Å². The number of benzene rings is 1. The normalized spacial score (nSPS) is 18.8. The zero-order valence-electron chi connectivity index (χ0n) is 15.6. The highest BCUT2D eigenvalue weighted by molar-refractivity contribution is 7.08. The van der Waals surface area contributed by atoms with E-state index in [-0.39, 0.29) is 12.4 Å². The molecule has 1 atom stereocenters. The number of imide groups is 1. The molecule has 3 amide bonds. The van der Waals surface area contributed by atoms with Crippen LogP contribution < -0.4 is 5.32 Å². The van der Waals surface area contributed by atoms with Gasteiger partial charge < -0.3 is 9.84 Å². The molecule has 150 valence electrons. The zero-order valence-corrected chi connectivity index (χ0v) is 16.4. The first kappa shape index (κ1) is 18.1. The monoisotopic (exact) mass is 422 g/mol. The topological polar surface area (TPSA) is 132 Å². The quantitative estimate of drug-likeness (QED) is 0.481. The molecular weight excluding hydrogens is 408 g/mol. The zero-order chi connectivity index (χ0) is 20.7. The number of amides is 3. The number of hydrogen-bond acceptors (Lipinski definition) is 9. The van der Waals surface area contributed by atoms with E-state index in [1.807, 2.05) is 16.8 Å². The van der Waals surface area contributed by atoms with Crippen LogP contribution in [-0.2, 0) is 16.9 Å². The third-order valence-corrected chi connectivity index (χ3v) is 5.54. The van der Waals surface area contributed by atoms with Crippen molar-refractivity contribution >= 4 is 23.3 Å². The van der Waals surface area contributed by atoms with Gasteiger partial charge in [-0.05, 0) is 46.5 Å². The number of nitrogens with one attached hydrogen (secondary N) is 1. The maximum absolute atomic E-state index is 13.2. The van der Waals surface area contributed by atoms with Crippen molar-refractivity contribution < 1.29 is 14.1 Å². The van der Waals surface area contributed by atoms with Crippen LogP contribution in [0.15, 0.2) is 51.9 Å². The summed E-state index contributed by atoms with van der Waals surface area (Å²) in [5.74, 6) is 0.165. The molecule has 0 bridgehead atoms. The van der Waals surface area contributed by atoms with Crippen LogP contribution in [0.3, 0.4) is 0 Å². The minimum atomic E-state index is -1.25. The molecule has 3 aromatic heterocycles. The standard InChI is InChI=1S/C18H14N8O3S/c1-18(12-3-2-4-13(7-12)26-10-19-23-24-26)16(27)25(17(28)21-18)8-14-20-15(22-29-14)11-5-6-30-9-11/h2-7,9-10H,8H2,1H3,(H,21,28). The average Bonchev–Trinajstić information content (AvgIpc) is 3.54. The van der Waals surface area contributed by atoms with Crippen molar-refractivity contribution in [2.45, 2.75) is 19.0 Å². The highest BCUT2D eigenvalue weighted by Gasteiger charge is 2.49. The molecule has 1 unspecified atom stereocenters. The van der Waals surface area contributed by atoms with Gasteiger partial charge in [-0.3, -0.25) is 9.69 Å². The first-order valence-corrected chi connectivity index (χ1v) is 9.82. The molecule has 0 spiro atoms. The summed E-state index contributed by atoms with van der Waals surface area (Å²) in [7, 11) is 0. The fourth-order valence-electron chi connectivity index (χ4n) is 3.24. The molecule has 12 heteroatoms. The average molecular weight is 422 g/mol. The number of aromatic nitrogens is 6. The third-order valence-electron chi connectivity index (χ3n) is 4.85. The lowest BCUT2D eigenvalue weighted by Gasteiger charge is -2.22. The molecule has 1 saturated heterocycles. The predicted molar refractivity (Wildman–Crippen MR) is 103 cm³/mol. The van der Waals surface area contributed by atoms with E-state index >= 15 is 0 Å². The molecular formula is C18H14N8O3S. The van der Waals surface area contributed by atoms with Crippen LogP contribution in [0.1, 0.15) is 18.4 Å². The van der Waals surface area contributed by atoms with E-state index in [0.29, 0.717) is 17.1 Å². The van der Waals surface area contributed by atoms with Gasteiger partial charge in [-0.25, -0.2) is 9.48 Å². The Bertz CT molecular complexity index is 1220. The summed E-state index contributed by atoms with van der Waals surface area (Å²) in [6, 6.07) is 8.40. The number of hydrogen-bond donors (Lipinski definition) is 1. The van der Waals surface area contributed by atoms with Gasteiger partial charge in [-0.2, -0.15) is 16.3 Å². The SMILES string of the molecule is CC1(c2cccc(-n3cnnn3)c2)NC(=O)N(Cc2nc(-c3ccsc3)no2)C1=O.